The van der Waals surface area contributed by atoms with Crippen LogP contribution >= 0.6 is 0 Å². The van der Waals surface area contributed by atoms with Gasteiger partial charge in [0.25, 0.3) is 0 Å². The van der Waals surface area contributed by atoms with Gasteiger partial charge in [-0.05, 0) is 69.5 Å². The molecule has 2 N–H and O–H groups in total. The average molecular weight is 384 g/mol. The topological polar surface area (TPSA) is 74.5 Å². The highest BCUT2D eigenvalue weighted by Gasteiger charge is 2.77. The molecule has 2 saturated carbocycles. The molecule has 150 valence electrons. The van der Waals surface area contributed by atoms with E-state index in [0.717, 1.165) is 43.1 Å². The first-order valence-corrected chi connectivity index (χ1v) is 10.6. The fourth-order valence-electron chi connectivity index (χ4n) is 6.98. The zero-order chi connectivity index (χ0) is 19.3. The van der Waals surface area contributed by atoms with Gasteiger partial charge in [-0.15, -0.1) is 0 Å². The van der Waals surface area contributed by atoms with Crippen molar-refractivity contribution in [2.45, 2.75) is 68.1 Å². The first-order chi connectivity index (χ1) is 13.4. The van der Waals surface area contributed by atoms with Gasteiger partial charge in [0.1, 0.15) is 12.8 Å². The van der Waals surface area contributed by atoms with Gasteiger partial charge >= 0.3 is 0 Å². The molecule has 2 bridgehead atoms. The Bertz CT molecular complexity index is 897. The first-order valence-electron chi connectivity index (χ1n) is 10.6. The Morgan fingerprint density at radius 2 is 2.14 bits per heavy atom. The molecule has 2 unspecified atom stereocenters. The number of nitrogens with zero attached hydrogens (tertiary/aromatic N) is 2. The fourth-order valence-corrected chi connectivity index (χ4v) is 6.98. The molecular formula is C22H28N2O4. The van der Waals surface area contributed by atoms with E-state index in [1.54, 1.807) is 13.2 Å². The summed E-state index contributed by atoms with van der Waals surface area (Å²) in [6.07, 6.45) is 5.52. The van der Waals surface area contributed by atoms with E-state index in [0.29, 0.717) is 18.6 Å². The maximum absolute atomic E-state index is 12.4. The summed E-state index contributed by atoms with van der Waals surface area (Å²) in [5.74, 6) is 1.48. The summed E-state index contributed by atoms with van der Waals surface area (Å²) >= 11 is 0. The zero-order valence-corrected chi connectivity index (χ0v) is 16.6. The minimum absolute atomic E-state index is 0.0804. The van der Waals surface area contributed by atoms with Gasteiger partial charge in [0, 0.05) is 18.2 Å². The Labute approximate surface area is 165 Å². The van der Waals surface area contributed by atoms with Crippen molar-refractivity contribution < 1.29 is 19.8 Å². The number of hydrogen-bond acceptors (Lipinski definition) is 6. The third kappa shape index (κ3) is 1.75. The molecule has 3 fully saturated rings. The lowest BCUT2D eigenvalue weighted by atomic mass is 9.45. The summed E-state index contributed by atoms with van der Waals surface area (Å²) in [6.45, 7) is 4.06. The molecule has 1 aromatic rings. The van der Waals surface area contributed by atoms with Crippen molar-refractivity contribution in [3.63, 3.8) is 0 Å². The Morgan fingerprint density at radius 1 is 1.32 bits per heavy atom. The summed E-state index contributed by atoms with van der Waals surface area (Å²) in [6, 6.07) is 3.85. The second-order valence-corrected chi connectivity index (χ2v) is 9.54. The van der Waals surface area contributed by atoms with Crippen LogP contribution in [0.25, 0.3) is 0 Å². The molecule has 0 radical (unpaired) electrons. The van der Waals surface area contributed by atoms with Gasteiger partial charge in [0.15, 0.2) is 17.1 Å². The van der Waals surface area contributed by atoms with Gasteiger partial charge in [-0.25, -0.2) is 0 Å². The van der Waals surface area contributed by atoms with Gasteiger partial charge in [-0.1, -0.05) is 11.2 Å². The van der Waals surface area contributed by atoms with E-state index in [-0.39, 0.29) is 11.8 Å². The van der Waals surface area contributed by atoms with Crippen LogP contribution in [-0.2, 0) is 16.7 Å². The number of rotatable bonds is 3. The first kappa shape index (κ1) is 17.1. The van der Waals surface area contributed by atoms with Crippen molar-refractivity contribution in [3.8, 4) is 11.5 Å². The van der Waals surface area contributed by atoms with Gasteiger partial charge in [0.05, 0.1) is 11.0 Å². The molecule has 1 saturated heterocycles. The van der Waals surface area contributed by atoms with Crippen LogP contribution in [0.4, 0.5) is 0 Å². The van der Waals surface area contributed by atoms with Crippen LogP contribution in [0.1, 0.15) is 50.2 Å². The lowest BCUT2D eigenvalue weighted by Gasteiger charge is -2.65. The maximum Gasteiger partial charge on any atom is 0.166 e. The number of piperidine rings is 1. The van der Waals surface area contributed by atoms with E-state index >= 15 is 0 Å². The molecule has 4 atom stereocenters. The Kier molecular flexibility index (Phi) is 3.19. The Hall–Kier alpha value is -1.79. The second-order valence-electron chi connectivity index (χ2n) is 9.54. The number of oxime groups is 1. The molecule has 5 aliphatic rings. The number of likely N-dealkylation sites (tertiary alicyclic amines) is 1. The van der Waals surface area contributed by atoms with Crippen molar-refractivity contribution in [3.05, 3.63) is 23.3 Å². The largest absolute Gasteiger partial charge is 0.504 e. The summed E-state index contributed by atoms with van der Waals surface area (Å²) in [7, 11) is 1.56. The predicted octanol–water partition coefficient (Wildman–Crippen LogP) is 2.35. The van der Waals surface area contributed by atoms with Crippen LogP contribution in [0.2, 0.25) is 0 Å². The van der Waals surface area contributed by atoms with E-state index in [1.807, 2.05) is 13.0 Å². The van der Waals surface area contributed by atoms with Crippen LogP contribution in [0.5, 0.6) is 11.5 Å². The van der Waals surface area contributed by atoms with Crippen molar-refractivity contribution in [2.24, 2.45) is 11.1 Å². The molecule has 3 aliphatic carbocycles. The molecule has 28 heavy (non-hydrogen) atoms. The minimum atomic E-state index is -0.895. The monoisotopic (exact) mass is 384 g/mol. The molecule has 6 heteroatoms. The molecule has 2 heterocycles. The van der Waals surface area contributed by atoms with E-state index < -0.39 is 16.6 Å². The lowest BCUT2D eigenvalue weighted by Crippen LogP contribution is -2.80. The quantitative estimate of drug-likeness (QED) is 0.783. The molecule has 1 aromatic carbocycles. The standard InChI is InChI=1S/C22H28N2O4/c1-20-16(23-27-2)7-8-22(26)17-11-14-5-6-15(25)19(28-20)18(14)21(20,22)9-10-24(17)12-13-3-4-13/h5-6,13,17,25-26H,3-4,7-12H2,1-2H3/b23-16+/t17-,20?,21+,22?/m1/s1. The number of phenols is 1. The van der Waals surface area contributed by atoms with Crippen LogP contribution in [0.3, 0.4) is 0 Å². The van der Waals surface area contributed by atoms with Crippen molar-refractivity contribution in [1.82, 2.24) is 4.90 Å². The van der Waals surface area contributed by atoms with Crippen molar-refractivity contribution in [2.75, 3.05) is 20.2 Å². The number of ether oxygens (including phenoxy) is 1. The number of aromatic hydroxyl groups is 1. The van der Waals surface area contributed by atoms with Crippen LogP contribution in [-0.4, -0.2) is 58.3 Å². The molecule has 1 spiro atoms. The van der Waals surface area contributed by atoms with E-state index in [4.69, 9.17) is 9.57 Å². The molecule has 2 aliphatic heterocycles. The fraction of sp³-hybridized carbons (Fsp3) is 0.682. The molecule has 6 rings (SSSR count). The highest BCUT2D eigenvalue weighted by molar-refractivity contribution is 5.97. The van der Waals surface area contributed by atoms with Crippen LogP contribution < -0.4 is 4.74 Å². The normalized spacial score (nSPS) is 42.2. The minimum Gasteiger partial charge on any atom is -0.504 e. The highest BCUT2D eigenvalue weighted by atomic mass is 16.6. The molecular weight excluding hydrogens is 356 g/mol. The molecule has 0 amide bonds. The third-order valence-corrected chi connectivity index (χ3v) is 8.37. The van der Waals surface area contributed by atoms with Crippen molar-refractivity contribution >= 4 is 5.71 Å². The van der Waals surface area contributed by atoms with E-state index in [1.165, 1.54) is 18.4 Å². The predicted molar refractivity (Wildman–Crippen MR) is 104 cm³/mol. The molecule has 6 nitrogen and oxygen atoms in total. The summed E-state index contributed by atoms with van der Waals surface area (Å²) < 4.78 is 6.52. The van der Waals surface area contributed by atoms with Gasteiger partial charge in [0.2, 0.25) is 0 Å². The van der Waals surface area contributed by atoms with Gasteiger partial charge in [-0.2, -0.15) is 0 Å². The van der Waals surface area contributed by atoms with E-state index in [2.05, 4.69) is 10.1 Å². The maximum atomic E-state index is 12.4. The smallest absolute Gasteiger partial charge is 0.166 e. The number of hydrogen-bond donors (Lipinski definition) is 2. The van der Waals surface area contributed by atoms with E-state index in [9.17, 15) is 10.2 Å². The highest BCUT2D eigenvalue weighted by Crippen LogP contribution is 2.68. The number of benzene rings is 1. The number of phenolic OH excluding ortho intramolecular Hbond substituents is 1. The molecule has 0 aromatic heterocycles. The zero-order valence-electron chi connectivity index (χ0n) is 16.6. The summed E-state index contributed by atoms with van der Waals surface area (Å²) in [5, 5.41) is 27.3. The van der Waals surface area contributed by atoms with Gasteiger partial charge in [-0.3, -0.25) is 4.90 Å². The van der Waals surface area contributed by atoms with Gasteiger partial charge < -0.3 is 19.8 Å². The van der Waals surface area contributed by atoms with Crippen LogP contribution in [0, 0.1) is 5.92 Å². The second kappa shape index (κ2) is 5.22. The SMILES string of the molecule is CO/N=C1\CCC2(O)[C@H]3Cc4ccc(O)c5c4[C@@]2(CCN3CC2CC2)C1(C)O5. The summed E-state index contributed by atoms with van der Waals surface area (Å²) in [4.78, 5) is 7.71. The Morgan fingerprint density at radius 3 is 2.89 bits per heavy atom. The summed E-state index contributed by atoms with van der Waals surface area (Å²) in [5.41, 5.74) is 0.748. The third-order valence-electron chi connectivity index (χ3n) is 8.37. The van der Waals surface area contributed by atoms with Crippen LogP contribution in [0.15, 0.2) is 17.3 Å². The number of aliphatic hydroxyl groups is 1. The Balaban J connectivity index is 1.60. The lowest BCUT2D eigenvalue weighted by molar-refractivity contribution is -0.185. The average Bonchev–Trinajstić information content (AvgIpc) is 3.42. The van der Waals surface area contributed by atoms with Crippen molar-refractivity contribution in [1.29, 1.82) is 0 Å².